The summed E-state index contributed by atoms with van der Waals surface area (Å²) < 4.78 is 7.35. The zero-order valence-electron chi connectivity index (χ0n) is 20.3. The number of anilines is 1. The summed E-state index contributed by atoms with van der Waals surface area (Å²) in [7, 11) is 0. The first kappa shape index (κ1) is 23.3. The molecule has 2 aromatic carbocycles. The van der Waals surface area contributed by atoms with Gasteiger partial charge in [-0.05, 0) is 73.9 Å². The summed E-state index contributed by atoms with van der Waals surface area (Å²) in [5, 5.41) is 14.7. The maximum absolute atomic E-state index is 9.14. The number of likely N-dealkylation sites (tertiary alicyclic amines) is 1. The minimum absolute atomic E-state index is 0.309. The van der Waals surface area contributed by atoms with Gasteiger partial charge in [-0.25, -0.2) is 4.98 Å². The van der Waals surface area contributed by atoms with Crippen LogP contribution < -0.4 is 10.1 Å². The van der Waals surface area contributed by atoms with Crippen molar-refractivity contribution in [3.8, 4) is 17.7 Å². The quantitative estimate of drug-likeness (QED) is 0.344. The van der Waals surface area contributed by atoms with E-state index in [4.69, 9.17) is 20.0 Å². The highest BCUT2D eigenvalue weighted by atomic mass is 32.1. The molecule has 3 heterocycles. The van der Waals surface area contributed by atoms with E-state index in [-0.39, 0.29) is 0 Å². The molecule has 0 amide bonds. The Labute approximate surface area is 210 Å². The van der Waals surface area contributed by atoms with Gasteiger partial charge in [-0.15, -0.1) is 11.3 Å². The highest BCUT2D eigenvalue weighted by molar-refractivity contribution is 7.17. The number of hydrogen-bond acceptors (Lipinski definition) is 7. The number of rotatable bonds is 6. The number of fused-ring (bicyclic) bond motifs is 1. The summed E-state index contributed by atoms with van der Waals surface area (Å²) in [6, 6.07) is 16.7. The number of ether oxygens (including phenoxy) is 1. The summed E-state index contributed by atoms with van der Waals surface area (Å²) in [5.74, 6) is 2.09. The van der Waals surface area contributed by atoms with Crippen LogP contribution >= 0.6 is 11.3 Å². The Morgan fingerprint density at radius 1 is 1.09 bits per heavy atom. The molecule has 0 atom stereocenters. The van der Waals surface area contributed by atoms with Crippen molar-refractivity contribution in [2.45, 2.75) is 46.2 Å². The number of piperidine rings is 1. The third kappa shape index (κ3) is 5.29. The average Bonchev–Trinajstić information content (AvgIpc) is 3.31. The van der Waals surface area contributed by atoms with Crippen molar-refractivity contribution in [2.75, 3.05) is 18.4 Å². The van der Waals surface area contributed by atoms with Crippen LogP contribution in [0.4, 0.5) is 5.95 Å². The highest BCUT2D eigenvalue weighted by Crippen LogP contribution is 2.35. The van der Waals surface area contributed by atoms with Crippen molar-refractivity contribution < 1.29 is 4.74 Å². The van der Waals surface area contributed by atoms with Crippen LogP contribution in [0.1, 0.15) is 40.7 Å². The van der Waals surface area contributed by atoms with Crippen molar-refractivity contribution >= 4 is 27.5 Å². The van der Waals surface area contributed by atoms with E-state index in [1.807, 2.05) is 29.6 Å². The van der Waals surface area contributed by atoms with Crippen LogP contribution in [0.5, 0.6) is 11.6 Å². The number of benzene rings is 2. The Balaban J connectivity index is 1.28. The lowest BCUT2D eigenvalue weighted by Gasteiger charge is -2.32. The van der Waals surface area contributed by atoms with Gasteiger partial charge in [0, 0.05) is 25.7 Å². The van der Waals surface area contributed by atoms with Crippen LogP contribution in [0.3, 0.4) is 0 Å². The third-order valence-electron chi connectivity index (χ3n) is 6.46. The number of hydrogen-bond donors (Lipinski definition) is 1. The maximum atomic E-state index is 9.14. The highest BCUT2D eigenvalue weighted by Gasteiger charge is 2.21. The molecule has 1 fully saturated rings. The molecule has 178 valence electrons. The molecule has 35 heavy (non-hydrogen) atoms. The Hall–Kier alpha value is -3.47. The predicted molar refractivity (Wildman–Crippen MR) is 141 cm³/mol. The van der Waals surface area contributed by atoms with Crippen molar-refractivity contribution in [2.24, 2.45) is 0 Å². The van der Waals surface area contributed by atoms with Crippen LogP contribution in [-0.4, -0.2) is 34.0 Å². The largest absolute Gasteiger partial charge is 0.437 e. The smallest absolute Gasteiger partial charge is 0.242 e. The van der Waals surface area contributed by atoms with Crippen molar-refractivity contribution in [1.82, 2.24) is 14.9 Å². The summed E-state index contributed by atoms with van der Waals surface area (Å²) in [4.78, 5) is 12.0. The van der Waals surface area contributed by atoms with Crippen LogP contribution in [0.15, 0.2) is 47.8 Å². The second-order valence-electron chi connectivity index (χ2n) is 9.32. The van der Waals surface area contributed by atoms with Gasteiger partial charge < -0.3 is 10.1 Å². The van der Waals surface area contributed by atoms with Gasteiger partial charge in [0.05, 0.1) is 17.1 Å². The Bertz CT molecular complexity index is 1380. The monoisotopic (exact) mass is 483 g/mol. The summed E-state index contributed by atoms with van der Waals surface area (Å²) in [5.41, 5.74) is 6.24. The molecule has 0 bridgehead atoms. The molecule has 1 N–H and O–H groups in total. The number of nitrogens with zero attached hydrogens (tertiary/aromatic N) is 4. The van der Waals surface area contributed by atoms with E-state index in [9.17, 15) is 0 Å². The lowest BCUT2D eigenvalue weighted by atomic mass is 10.0. The van der Waals surface area contributed by atoms with E-state index < -0.39 is 0 Å². The fourth-order valence-corrected chi connectivity index (χ4v) is 5.57. The van der Waals surface area contributed by atoms with Gasteiger partial charge in [0.25, 0.3) is 0 Å². The number of nitriles is 1. The first-order valence-corrected chi connectivity index (χ1v) is 12.9. The fraction of sp³-hybridized carbons (Fsp3) is 0.321. The van der Waals surface area contributed by atoms with Crippen LogP contribution in [0.2, 0.25) is 0 Å². The van der Waals surface area contributed by atoms with Gasteiger partial charge in [-0.2, -0.15) is 10.2 Å². The molecule has 5 rings (SSSR count). The zero-order chi connectivity index (χ0) is 24.4. The van der Waals surface area contributed by atoms with Gasteiger partial charge in [-0.1, -0.05) is 29.8 Å². The van der Waals surface area contributed by atoms with Gasteiger partial charge in [0.2, 0.25) is 11.8 Å². The van der Waals surface area contributed by atoms with Gasteiger partial charge in [-0.3, -0.25) is 4.90 Å². The molecule has 1 aliphatic heterocycles. The molecule has 7 heteroatoms. The molecule has 6 nitrogen and oxygen atoms in total. The molecule has 1 saturated heterocycles. The van der Waals surface area contributed by atoms with Crippen LogP contribution in [0.25, 0.3) is 10.2 Å². The Kier molecular flexibility index (Phi) is 6.67. The van der Waals surface area contributed by atoms with E-state index in [2.05, 4.69) is 55.3 Å². The molecular weight excluding hydrogens is 454 g/mol. The van der Waals surface area contributed by atoms with E-state index in [0.717, 1.165) is 59.6 Å². The molecule has 1 aliphatic rings. The van der Waals surface area contributed by atoms with E-state index >= 15 is 0 Å². The van der Waals surface area contributed by atoms with Crippen molar-refractivity contribution in [1.29, 1.82) is 5.26 Å². The van der Waals surface area contributed by atoms with E-state index in [1.54, 1.807) is 11.3 Å². The third-order valence-corrected chi connectivity index (χ3v) is 7.35. The topological polar surface area (TPSA) is 74.1 Å². The normalized spacial score (nSPS) is 14.7. The lowest BCUT2D eigenvalue weighted by molar-refractivity contribution is 0.211. The molecule has 4 aromatic rings. The van der Waals surface area contributed by atoms with E-state index in [1.165, 1.54) is 11.1 Å². The van der Waals surface area contributed by atoms with E-state index in [0.29, 0.717) is 23.4 Å². The minimum Gasteiger partial charge on any atom is -0.437 e. The number of thiophene rings is 1. The first-order valence-electron chi connectivity index (χ1n) is 12.0. The summed E-state index contributed by atoms with van der Waals surface area (Å²) in [6.45, 7) is 9.09. The predicted octanol–water partition coefficient (Wildman–Crippen LogP) is 6.36. The Morgan fingerprint density at radius 2 is 1.86 bits per heavy atom. The second kappa shape index (κ2) is 10.0. The Morgan fingerprint density at radius 3 is 2.60 bits per heavy atom. The average molecular weight is 484 g/mol. The minimum atomic E-state index is 0.309. The standard InChI is InChI=1S/C28H29N5OS/c1-18-13-19(2)25(20(3)14-18)34-27-26-24(9-12-35-26)31-28(32-27)30-23-7-10-33(11-8-23)17-22-6-4-5-21(15-22)16-29/h4-6,9,12-15,23H,7-8,10-11,17H2,1-3H3,(H,30,31,32). The fourth-order valence-electron chi connectivity index (χ4n) is 4.81. The maximum Gasteiger partial charge on any atom is 0.242 e. The number of aryl methyl sites for hydroxylation is 3. The number of nitrogens with one attached hydrogen (secondary N) is 1. The van der Waals surface area contributed by atoms with Gasteiger partial charge in [0.15, 0.2) is 0 Å². The summed E-state index contributed by atoms with van der Waals surface area (Å²) in [6.07, 6.45) is 2.02. The molecule has 0 spiro atoms. The second-order valence-corrected chi connectivity index (χ2v) is 10.2. The molecular formula is C28H29N5OS. The SMILES string of the molecule is Cc1cc(C)c(Oc2nc(NC3CCN(Cc4cccc(C#N)c4)CC3)nc3ccsc23)c(C)c1. The van der Waals surface area contributed by atoms with Gasteiger partial charge >= 0.3 is 0 Å². The van der Waals surface area contributed by atoms with Crippen LogP contribution in [-0.2, 0) is 6.54 Å². The van der Waals surface area contributed by atoms with Crippen molar-refractivity contribution in [3.05, 3.63) is 75.7 Å². The molecule has 0 saturated carbocycles. The number of aromatic nitrogens is 2. The molecule has 0 aliphatic carbocycles. The molecule has 2 aromatic heterocycles. The molecule has 0 radical (unpaired) electrons. The first-order chi connectivity index (χ1) is 17.0. The van der Waals surface area contributed by atoms with Gasteiger partial charge in [0.1, 0.15) is 10.4 Å². The molecule has 0 unspecified atom stereocenters. The summed E-state index contributed by atoms with van der Waals surface area (Å²) >= 11 is 1.60. The van der Waals surface area contributed by atoms with Crippen LogP contribution in [0, 0.1) is 32.1 Å². The van der Waals surface area contributed by atoms with Crippen molar-refractivity contribution in [3.63, 3.8) is 0 Å². The zero-order valence-corrected chi connectivity index (χ0v) is 21.2. The lowest BCUT2D eigenvalue weighted by Crippen LogP contribution is -2.39.